The third-order valence-corrected chi connectivity index (χ3v) is 4.79. The first-order chi connectivity index (χ1) is 14.4. The molecular weight excluding hydrogens is 374 g/mol. The van der Waals surface area contributed by atoms with Gasteiger partial charge in [0.2, 0.25) is 0 Å². The molecule has 0 atom stereocenters. The van der Waals surface area contributed by atoms with E-state index in [0.717, 1.165) is 38.5 Å². The van der Waals surface area contributed by atoms with Gasteiger partial charge in [-0.2, -0.15) is 0 Å². The molecule has 4 heteroatoms. The summed E-state index contributed by atoms with van der Waals surface area (Å²) in [5.41, 5.74) is 5.54. The van der Waals surface area contributed by atoms with Gasteiger partial charge >= 0.3 is 6.09 Å². The van der Waals surface area contributed by atoms with Gasteiger partial charge in [0.25, 0.3) is 0 Å². The second-order valence-corrected chi connectivity index (χ2v) is 8.08. The van der Waals surface area contributed by atoms with Crippen molar-refractivity contribution in [3.8, 4) is 0 Å². The van der Waals surface area contributed by atoms with Crippen molar-refractivity contribution in [1.82, 2.24) is 5.32 Å². The molecule has 0 aliphatic rings. The van der Waals surface area contributed by atoms with E-state index in [2.05, 4.69) is 58.2 Å². The predicted molar refractivity (Wildman–Crippen MR) is 125 cm³/mol. The molecule has 1 N–H and O–H groups in total. The Morgan fingerprint density at radius 2 is 1.47 bits per heavy atom. The summed E-state index contributed by atoms with van der Waals surface area (Å²) in [7, 11) is 0. The summed E-state index contributed by atoms with van der Waals surface area (Å²) < 4.78 is 10.3. The summed E-state index contributed by atoms with van der Waals surface area (Å²) in [6.45, 7) is 11.4. The number of alkyl carbamates (subject to hydrolysis) is 1. The normalized spacial score (nSPS) is 12.6. The van der Waals surface area contributed by atoms with Crippen molar-refractivity contribution < 1.29 is 13.9 Å². The molecule has 0 unspecified atom stereocenters. The highest BCUT2D eigenvalue weighted by molar-refractivity contribution is 5.67. The molecule has 1 heterocycles. The molecule has 0 aromatic carbocycles. The number of hydrogen-bond acceptors (Lipinski definition) is 3. The van der Waals surface area contributed by atoms with Crippen molar-refractivity contribution in [2.24, 2.45) is 0 Å². The lowest BCUT2D eigenvalue weighted by atomic mass is 10.0. The average molecular weight is 414 g/mol. The van der Waals surface area contributed by atoms with E-state index in [4.69, 9.17) is 9.15 Å². The smallest absolute Gasteiger partial charge is 0.407 e. The van der Waals surface area contributed by atoms with Crippen LogP contribution < -0.4 is 5.32 Å². The summed E-state index contributed by atoms with van der Waals surface area (Å²) in [5.74, 6) is 0.704. The highest BCUT2D eigenvalue weighted by Crippen LogP contribution is 2.13. The Morgan fingerprint density at radius 3 is 2.00 bits per heavy atom. The standard InChI is InChI=1S/C26H39NO3/c1-21(2)10-6-11-22(3)12-7-13-23(4)14-8-15-24(5)17-19-30-26(28)27-20-25-16-9-18-29-25/h9-10,12,14,16-18H,6-8,11,13,15,19-20H2,1-5H3,(H,27,28)/b22-12+,23-14+,24-17+. The van der Waals surface area contributed by atoms with E-state index in [-0.39, 0.29) is 6.61 Å². The number of carbonyl (C=O) groups excluding carboxylic acids is 1. The maximum absolute atomic E-state index is 11.6. The van der Waals surface area contributed by atoms with Crippen LogP contribution in [-0.2, 0) is 11.3 Å². The number of rotatable bonds is 13. The summed E-state index contributed by atoms with van der Waals surface area (Å²) in [4.78, 5) is 11.6. The van der Waals surface area contributed by atoms with Crippen molar-refractivity contribution in [3.05, 3.63) is 70.8 Å². The van der Waals surface area contributed by atoms with E-state index in [1.54, 1.807) is 12.3 Å². The van der Waals surface area contributed by atoms with E-state index in [9.17, 15) is 4.79 Å². The van der Waals surface area contributed by atoms with Crippen LogP contribution in [0.4, 0.5) is 4.79 Å². The number of nitrogens with one attached hydrogen (secondary N) is 1. The second-order valence-electron chi connectivity index (χ2n) is 8.08. The van der Waals surface area contributed by atoms with Crippen LogP contribution in [0.2, 0.25) is 0 Å². The molecule has 1 aromatic heterocycles. The van der Waals surface area contributed by atoms with Crippen LogP contribution in [0, 0.1) is 0 Å². The SMILES string of the molecule is CC(C)=CCC/C(C)=C/CC/C(C)=C/CC/C(C)=C/COC(=O)NCc1ccco1. The van der Waals surface area contributed by atoms with Gasteiger partial charge in [0.15, 0.2) is 0 Å². The summed E-state index contributed by atoms with van der Waals surface area (Å²) >= 11 is 0. The van der Waals surface area contributed by atoms with Crippen LogP contribution in [0.1, 0.15) is 78.9 Å². The number of allylic oxidation sites excluding steroid dienone is 7. The van der Waals surface area contributed by atoms with Gasteiger partial charge in [0.05, 0.1) is 12.8 Å². The fourth-order valence-electron chi connectivity index (χ4n) is 2.87. The van der Waals surface area contributed by atoms with E-state index < -0.39 is 6.09 Å². The summed E-state index contributed by atoms with van der Waals surface area (Å²) in [6.07, 6.45) is 16.6. The molecule has 166 valence electrons. The molecular formula is C26H39NO3. The zero-order valence-electron chi connectivity index (χ0n) is 19.4. The lowest BCUT2D eigenvalue weighted by Gasteiger charge is -2.05. The van der Waals surface area contributed by atoms with Crippen molar-refractivity contribution in [2.45, 2.75) is 79.7 Å². The fourth-order valence-corrected chi connectivity index (χ4v) is 2.87. The fraction of sp³-hybridized carbons (Fsp3) is 0.500. The molecule has 0 bridgehead atoms. The Kier molecular flexibility index (Phi) is 13.1. The number of amides is 1. The summed E-state index contributed by atoms with van der Waals surface area (Å²) in [6, 6.07) is 3.60. The molecule has 1 aromatic rings. The third-order valence-electron chi connectivity index (χ3n) is 4.79. The highest BCUT2D eigenvalue weighted by atomic mass is 16.5. The van der Waals surface area contributed by atoms with Gasteiger partial charge in [-0.1, -0.05) is 40.5 Å². The minimum Gasteiger partial charge on any atom is -0.467 e. The van der Waals surface area contributed by atoms with Crippen LogP contribution in [-0.4, -0.2) is 12.7 Å². The van der Waals surface area contributed by atoms with Gasteiger partial charge in [-0.15, -0.1) is 0 Å². The molecule has 0 spiro atoms. The first-order valence-corrected chi connectivity index (χ1v) is 10.9. The van der Waals surface area contributed by atoms with E-state index in [1.807, 2.05) is 12.1 Å². The van der Waals surface area contributed by atoms with Crippen molar-refractivity contribution >= 4 is 6.09 Å². The van der Waals surface area contributed by atoms with E-state index in [0.29, 0.717) is 12.3 Å². The minimum absolute atomic E-state index is 0.287. The first kappa shape index (κ1) is 25.5. The van der Waals surface area contributed by atoms with Crippen molar-refractivity contribution in [2.75, 3.05) is 6.61 Å². The number of carbonyl (C=O) groups is 1. The average Bonchev–Trinajstić information content (AvgIpc) is 3.19. The first-order valence-electron chi connectivity index (χ1n) is 10.9. The Balaban J connectivity index is 2.16. The molecule has 0 fully saturated rings. The van der Waals surface area contributed by atoms with Crippen LogP contribution in [0.25, 0.3) is 0 Å². The van der Waals surface area contributed by atoms with Gasteiger partial charge < -0.3 is 14.5 Å². The topological polar surface area (TPSA) is 51.5 Å². The lowest BCUT2D eigenvalue weighted by Crippen LogP contribution is -2.23. The third kappa shape index (κ3) is 13.6. The maximum atomic E-state index is 11.6. The van der Waals surface area contributed by atoms with E-state index >= 15 is 0 Å². The predicted octanol–water partition coefficient (Wildman–Crippen LogP) is 7.65. The van der Waals surface area contributed by atoms with Crippen LogP contribution in [0.5, 0.6) is 0 Å². The van der Waals surface area contributed by atoms with Crippen molar-refractivity contribution in [1.29, 1.82) is 0 Å². The Bertz CT molecular complexity index is 732. The van der Waals surface area contributed by atoms with Crippen molar-refractivity contribution in [3.63, 3.8) is 0 Å². The van der Waals surface area contributed by atoms with Gasteiger partial charge in [-0.25, -0.2) is 4.79 Å². The molecule has 1 rings (SSSR count). The quantitative estimate of drug-likeness (QED) is 0.338. The molecule has 0 aliphatic carbocycles. The van der Waals surface area contributed by atoms with Crippen LogP contribution in [0.3, 0.4) is 0 Å². The minimum atomic E-state index is -0.435. The van der Waals surface area contributed by atoms with Crippen LogP contribution >= 0.6 is 0 Å². The molecule has 4 nitrogen and oxygen atoms in total. The Morgan fingerprint density at radius 1 is 0.900 bits per heavy atom. The Hall–Kier alpha value is -2.49. The van der Waals surface area contributed by atoms with Crippen LogP contribution in [0.15, 0.2) is 69.4 Å². The van der Waals surface area contributed by atoms with E-state index in [1.165, 1.54) is 22.3 Å². The summed E-state index contributed by atoms with van der Waals surface area (Å²) in [5, 5.41) is 2.66. The highest BCUT2D eigenvalue weighted by Gasteiger charge is 2.02. The Labute approximate surface area is 182 Å². The molecule has 0 saturated carbocycles. The molecule has 0 saturated heterocycles. The molecule has 0 aliphatic heterocycles. The van der Waals surface area contributed by atoms with Gasteiger partial charge in [-0.3, -0.25) is 0 Å². The van der Waals surface area contributed by atoms with Gasteiger partial charge in [0, 0.05) is 0 Å². The lowest BCUT2D eigenvalue weighted by molar-refractivity contribution is 0.156. The zero-order chi connectivity index (χ0) is 22.2. The molecule has 1 amide bonds. The maximum Gasteiger partial charge on any atom is 0.407 e. The zero-order valence-corrected chi connectivity index (χ0v) is 19.4. The molecule has 0 radical (unpaired) electrons. The second kappa shape index (κ2) is 15.4. The monoisotopic (exact) mass is 413 g/mol. The van der Waals surface area contributed by atoms with Gasteiger partial charge in [0.1, 0.15) is 12.4 Å². The number of furan rings is 1. The largest absolute Gasteiger partial charge is 0.467 e. The molecule has 30 heavy (non-hydrogen) atoms. The number of hydrogen-bond donors (Lipinski definition) is 1. The van der Waals surface area contributed by atoms with Gasteiger partial charge in [-0.05, 0) is 91.4 Å². The number of ether oxygens (including phenoxy) is 1.